The van der Waals surface area contributed by atoms with E-state index in [1.54, 1.807) is 13.8 Å². The third-order valence-corrected chi connectivity index (χ3v) is 17.6. The lowest BCUT2D eigenvalue weighted by atomic mass is 9.96. The summed E-state index contributed by atoms with van der Waals surface area (Å²) in [4.78, 5) is 25.3. The molecule has 0 saturated carbocycles. The Bertz CT molecular complexity index is 922. The summed E-state index contributed by atoms with van der Waals surface area (Å²) in [6.45, 7) is 13.7. The molecule has 0 radical (unpaired) electrons. The molecule has 252 valence electrons. The predicted molar refractivity (Wildman–Crippen MR) is 157 cm³/mol. The third kappa shape index (κ3) is 11.5. The number of hydrogen-bond donors (Lipinski definition) is 6. The summed E-state index contributed by atoms with van der Waals surface area (Å²) in [5.74, 6) is -1.16. The molecule has 10 atom stereocenters. The van der Waals surface area contributed by atoms with Gasteiger partial charge in [0.15, 0.2) is 22.9 Å². The molecule has 18 heteroatoms. The highest BCUT2D eigenvalue weighted by atomic mass is 28.5. The van der Waals surface area contributed by atoms with E-state index in [1.807, 2.05) is 39.3 Å². The van der Waals surface area contributed by atoms with Gasteiger partial charge in [0, 0.05) is 6.61 Å². The largest absolute Gasteiger partial charge is 0.463 e. The smallest absolute Gasteiger partial charge is 0.311 e. The fourth-order valence-corrected chi connectivity index (χ4v) is 18.6. The van der Waals surface area contributed by atoms with Gasteiger partial charge in [-0.2, -0.15) is 0 Å². The van der Waals surface area contributed by atoms with Gasteiger partial charge in [-0.25, -0.2) is 0 Å². The third-order valence-electron chi connectivity index (χ3n) is 6.95. The van der Waals surface area contributed by atoms with Gasteiger partial charge in [0.25, 0.3) is 0 Å². The van der Waals surface area contributed by atoms with E-state index in [1.165, 1.54) is 0 Å². The summed E-state index contributed by atoms with van der Waals surface area (Å²) in [5.41, 5.74) is 0. The van der Waals surface area contributed by atoms with E-state index in [-0.39, 0.29) is 31.9 Å². The van der Waals surface area contributed by atoms with Crippen molar-refractivity contribution < 1.29 is 72.1 Å². The molecule has 2 fully saturated rings. The topological polar surface area (TPSA) is 220 Å². The number of aliphatic hydroxyl groups is 6. The number of hydrogen-bond acceptors (Lipinski definition) is 15. The number of carbonyl (C=O) groups is 2. The summed E-state index contributed by atoms with van der Waals surface area (Å²) in [7, 11) is -8.24. The second-order valence-electron chi connectivity index (χ2n) is 12.7. The van der Waals surface area contributed by atoms with Crippen molar-refractivity contribution in [1.29, 1.82) is 0 Å². The molecule has 2 saturated heterocycles. The van der Waals surface area contributed by atoms with Crippen molar-refractivity contribution in [1.82, 2.24) is 0 Å². The van der Waals surface area contributed by atoms with Crippen LogP contribution >= 0.6 is 0 Å². The molecule has 0 aliphatic carbocycles. The summed E-state index contributed by atoms with van der Waals surface area (Å²) < 4.78 is 39.5. The van der Waals surface area contributed by atoms with Crippen LogP contribution < -0.4 is 0 Å². The maximum Gasteiger partial charge on any atom is 0.311 e. The molecule has 0 amide bonds. The van der Waals surface area contributed by atoms with Crippen molar-refractivity contribution in [2.24, 2.45) is 0 Å². The van der Waals surface area contributed by atoms with Crippen LogP contribution in [0.5, 0.6) is 0 Å². The minimum Gasteiger partial charge on any atom is -0.463 e. The van der Waals surface area contributed by atoms with Crippen LogP contribution in [0.15, 0.2) is 0 Å². The zero-order valence-electron chi connectivity index (χ0n) is 26.2. The van der Waals surface area contributed by atoms with Crippen molar-refractivity contribution in [3.63, 3.8) is 0 Å². The van der Waals surface area contributed by atoms with Crippen LogP contribution in [0, 0.1) is 0 Å². The second-order valence-corrected chi connectivity index (χ2v) is 24.8. The Morgan fingerprint density at radius 1 is 0.651 bits per heavy atom. The van der Waals surface area contributed by atoms with E-state index >= 15 is 0 Å². The Balaban J connectivity index is 1.85. The van der Waals surface area contributed by atoms with Crippen LogP contribution in [0.2, 0.25) is 51.4 Å². The van der Waals surface area contributed by atoms with E-state index < -0.39 is 98.4 Å². The summed E-state index contributed by atoms with van der Waals surface area (Å²) in [6, 6.07) is -0.0598. The van der Waals surface area contributed by atoms with Crippen molar-refractivity contribution >= 4 is 37.1 Å². The van der Waals surface area contributed by atoms with Gasteiger partial charge in [0.05, 0.1) is 18.2 Å². The minimum absolute atomic E-state index is 0.0205. The first kappa shape index (κ1) is 38.3. The normalized spacial score (nSPS) is 34.1. The molecule has 2 heterocycles. The molecular formula is C25H50O15Si3. The van der Waals surface area contributed by atoms with E-state index in [2.05, 4.69) is 0 Å². The summed E-state index contributed by atoms with van der Waals surface area (Å²) >= 11 is 0. The second kappa shape index (κ2) is 15.6. The van der Waals surface area contributed by atoms with Gasteiger partial charge in [-0.15, -0.1) is 0 Å². The Hall–Kier alpha value is -0.849. The van der Waals surface area contributed by atoms with Crippen molar-refractivity contribution in [3.8, 4) is 0 Å². The van der Waals surface area contributed by atoms with Crippen LogP contribution in [-0.4, -0.2) is 149 Å². The van der Waals surface area contributed by atoms with E-state index in [0.29, 0.717) is 0 Å². The van der Waals surface area contributed by atoms with Gasteiger partial charge in [0.2, 0.25) is 0 Å². The van der Waals surface area contributed by atoms with E-state index in [0.717, 1.165) is 0 Å². The average molecular weight is 675 g/mol. The molecule has 6 N–H and O–H groups in total. The lowest BCUT2D eigenvalue weighted by Gasteiger charge is -2.40. The lowest BCUT2D eigenvalue weighted by Crippen LogP contribution is -2.59. The summed E-state index contributed by atoms with van der Waals surface area (Å²) in [6.07, 6.45) is -12.5. The highest BCUT2D eigenvalue weighted by Gasteiger charge is 2.46. The minimum atomic E-state index is -2.86. The molecule has 0 aromatic rings. The van der Waals surface area contributed by atoms with Crippen LogP contribution in [0.25, 0.3) is 0 Å². The Morgan fingerprint density at radius 3 is 1.51 bits per heavy atom. The van der Waals surface area contributed by atoms with E-state index in [9.17, 15) is 40.2 Å². The van der Waals surface area contributed by atoms with Gasteiger partial charge < -0.3 is 62.6 Å². The molecule has 2 aliphatic heterocycles. The van der Waals surface area contributed by atoms with Gasteiger partial charge in [-0.3, -0.25) is 9.59 Å². The molecule has 0 bridgehead atoms. The van der Waals surface area contributed by atoms with Crippen LogP contribution in [-0.2, 0) is 41.5 Å². The predicted octanol–water partition coefficient (Wildman–Crippen LogP) is -1.07. The van der Waals surface area contributed by atoms with Gasteiger partial charge in [-0.1, -0.05) is 0 Å². The summed E-state index contributed by atoms with van der Waals surface area (Å²) in [5, 5.41) is 60.2. The number of rotatable bonds is 14. The Labute approximate surface area is 255 Å². The molecule has 10 unspecified atom stereocenters. The molecule has 0 aromatic carbocycles. The lowest BCUT2D eigenvalue weighted by molar-refractivity contribution is -0.300. The SMILES string of the molecule is CCOC1OC(COC(=O)C[Si](C)(C)O[Si](C)(C)O[Si](C)(C)CC(=O)OCC2OC(C)C(O)C(O)C2O)C(O)C(O)C1O. The number of ether oxygens (including phenoxy) is 5. The molecule has 0 aromatic heterocycles. The molecule has 15 nitrogen and oxygen atoms in total. The fraction of sp³-hybridized carbons (Fsp3) is 0.920. The number of aliphatic hydroxyl groups excluding tert-OH is 6. The van der Waals surface area contributed by atoms with Gasteiger partial charge in [-0.05, 0) is 53.1 Å². The molecule has 2 aliphatic rings. The maximum atomic E-state index is 12.7. The standard InChI is InChI=1S/C25H50O15Si3/c1-9-34-25-24(33)23(32)21(30)16(38-25)11-36-18(27)13-42(5,6)40-43(7,8)39-41(3,4)12-17(26)35-10-15-20(29)22(31)19(28)14(2)37-15/h14-16,19-25,28-33H,9-13H2,1-8H3. The monoisotopic (exact) mass is 674 g/mol. The van der Waals surface area contributed by atoms with Crippen molar-refractivity contribution in [3.05, 3.63) is 0 Å². The first-order valence-corrected chi connectivity index (χ1v) is 23.5. The van der Waals surface area contributed by atoms with Crippen LogP contribution in [0.3, 0.4) is 0 Å². The van der Waals surface area contributed by atoms with Crippen molar-refractivity contribution in [2.75, 3.05) is 19.8 Å². The molecule has 43 heavy (non-hydrogen) atoms. The Morgan fingerprint density at radius 2 is 1.07 bits per heavy atom. The van der Waals surface area contributed by atoms with E-state index in [4.69, 9.17) is 31.9 Å². The molecule has 0 spiro atoms. The maximum absolute atomic E-state index is 12.7. The fourth-order valence-electron chi connectivity index (χ4n) is 5.20. The number of carbonyl (C=O) groups excluding carboxylic acids is 2. The average Bonchev–Trinajstić information content (AvgIpc) is 2.86. The zero-order chi connectivity index (χ0) is 32.9. The zero-order valence-corrected chi connectivity index (χ0v) is 29.2. The quantitative estimate of drug-likeness (QED) is 0.0955. The van der Waals surface area contributed by atoms with Crippen LogP contribution in [0.1, 0.15) is 13.8 Å². The van der Waals surface area contributed by atoms with Gasteiger partial charge in [0.1, 0.15) is 62.0 Å². The highest BCUT2D eigenvalue weighted by Crippen LogP contribution is 2.27. The van der Waals surface area contributed by atoms with Gasteiger partial charge >= 0.3 is 20.5 Å². The highest BCUT2D eigenvalue weighted by molar-refractivity contribution is 6.89. The first-order chi connectivity index (χ1) is 19.7. The first-order valence-electron chi connectivity index (χ1n) is 14.4. The molecule has 2 rings (SSSR count). The number of esters is 2. The van der Waals surface area contributed by atoms with Crippen molar-refractivity contribution in [2.45, 2.75) is 126 Å². The Kier molecular flexibility index (Phi) is 13.9. The molecular weight excluding hydrogens is 625 g/mol. The van der Waals surface area contributed by atoms with Crippen LogP contribution in [0.4, 0.5) is 0 Å².